The number of fused-ring (bicyclic) bond motifs is 1. The predicted molar refractivity (Wildman–Crippen MR) is 115 cm³/mol. The van der Waals surface area contributed by atoms with Gasteiger partial charge in [0.2, 0.25) is 0 Å². The molecule has 29 heavy (non-hydrogen) atoms. The van der Waals surface area contributed by atoms with E-state index in [0.29, 0.717) is 12.2 Å². The van der Waals surface area contributed by atoms with E-state index in [9.17, 15) is 4.79 Å². The van der Waals surface area contributed by atoms with E-state index in [1.165, 1.54) is 10.9 Å². The van der Waals surface area contributed by atoms with Crippen LogP contribution in [-0.2, 0) is 4.74 Å². The molecule has 0 radical (unpaired) electrons. The molecule has 2 heterocycles. The molecule has 0 saturated heterocycles. The van der Waals surface area contributed by atoms with Crippen LogP contribution in [0, 0.1) is 6.92 Å². The molecule has 0 aliphatic rings. The van der Waals surface area contributed by atoms with Crippen LogP contribution in [0.25, 0.3) is 10.9 Å². The number of hydrogen-bond acceptors (Lipinski definition) is 4. The van der Waals surface area contributed by atoms with Crippen molar-refractivity contribution in [2.45, 2.75) is 19.9 Å². The van der Waals surface area contributed by atoms with Crippen molar-refractivity contribution >= 4 is 22.6 Å². The first kappa shape index (κ1) is 18.7. The van der Waals surface area contributed by atoms with E-state index in [-0.39, 0.29) is 12.0 Å². The molecule has 0 amide bonds. The highest BCUT2D eigenvalue weighted by Gasteiger charge is 2.21. The van der Waals surface area contributed by atoms with Gasteiger partial charge >= 0.3 is 5.97 Å². The minimum atomic E-state index is -0.310. The zero-order chi connectivity index (χ0) is 20.2. The Morgan fingerprint density at radius 2 is 1.90 bits per heavy atom. The molecule has 0 aliphatic heterocycles. The summed E-state index contributed by atoms with van der Waals surface area (Å²) in [5.74, 6) is -0.310. The number of anilines is 1. The average molecular weight is 385 g/mol. The normalized spacial score (nSPS) is 11.9. The summed E-state index contributed by atoms with van der Waals surface area (Å²) in [5.41, 5.74) is 5.91. The molecule has 0 bridgehead atoms. The van der Waals surface area contributed by atoms with Gasteiger partial charge in [0.05, 0.1) is 18.2 Å². The number of carbonyl (C=O) groups excluding carboxylic acids is 1. The van der Waals surface area contributed by atoms with Crippen molar-refractivity contribution < 1.29 is 9.53 Å². The first-order chi connectivity index (χ1) is 14.2. The van der Waals surface area contributed by atoms with Crippen molar-refractivity contribution in [3.05, 3.63) is 95.4 Å². The number of H-pyrrole nitrogens is 1. The predicted octanol–water partition coefficient (Wildman–Crippen LogP) is 5.25. The first-order valence-corrected chi connectivity index (χ1v) is 9.68. The molecule has 2 aromatic carbocycles. The lowest BCUT2D eigenvalue weighted by Crippen LogP contribution is -2.14. The van der Waals surface area contributed by atoms with E-state index in [0.717, 1.165) is 22.5 Å². The average Bonchev–Trinajstić information content (AvgIpc) is 3.09. The number of aromatic nitrogens is 2. The molecular formula is C24H23N3O2. The van der Waals surface area contributed by atoms with Crippen molar-refractivity contribution in [3.8, 4) is 0 Å². The topological polar surface area (TPSA) is 67.0 Å². The summed E-state index contributed by atoms with van der Waals surface area (Å²) < 4.78 is 5.07. The Morgan fingerprint density at radius 1 is 1.10 bits per heavy atom. The van der Waals surface area contributed by atoms with Crippen LogP contribution in [0.3, 0.4) is 0 Å². The molecule has 4 aromatic rings. The number of nitrogens with one attached hydrogen (secondary N) is 2. The third-order valence-corrected chi connectivity index (χ3v) is 4.96. The highest BCUT2D eigenvalue weighted by molar-refractivity contribution is 5.90. The van der Waals surface area contributed by atoms with Gasteiger partial charge in [0.15, 0.2) is 0 Å². The molecular weight excluding hydrogens is 362 g/mol. The summed E-state index contributed by atoms with van der Waals surface area (Å²) in [4.78, 5) is 19.7. The van der Waals surface area contributed by atoms with Gasteiger partial charge < -0.3 is 15.0 Å². The number of ether oxygens (including phenoxy) is 1. The monoisotopic (exact) mass is 385 g/mol. The number of hydrogen-bond donors (Lipinski definition) is 2. The zero-order valence-electron chi connectivity index (χ0n) is 16.5. The number of esters is 1. The largest absolute Gasteiger partial charge is 0.462 e. The maximum atomic E-state index is 11.9. The van der Waals surface area contributed by atoms with Crippen LogP contribution >= 0.6 is 0 Å². The molecule has 5 nitrogen and oxygen atoms in total. The Labute approximate surface area is 169 Å². The summed E-state index contributed by atoms with van der Waals surface area (Å²) in [6.45, 7) is 4.25. The van der Waals surface area contributed by atoms with Crippen molar-refractivity contribution in [1.82, 2.24) is 9.97 Å². The van der Waals surface area contributed by atoms with Gasteiger partial charge in [-0.05, 0) is 55.8 Å². The Balaban J connectivity index is 1.73. The molecule has 0 saturated carbocycles. The van der Waals surface area contributed by atoms with Gasteiger partial charge in [-0.25, -0.2) is 4.79 Å². The van der Waals surface area contributed by atoms with E-state index < -0.39 is 0 Å². The summed E-state index contributed by atoms with van der Waals surface area (Å²) in [7, 11) is 0. The number of aryl methyl sites for hydroxylation is 1. The molecule has 0 spiro atoms. The SMILES string of the molecule is CCOC(=O)c1ccc(N[C@H](c2cccnc2)c2c(C)[nH]c3ccccc23)cc1. The second-order valence-electron chi connectivity index (χ2n) is 6.87. The van der Waals surface area contributed by atoms with E-state index in [4.69, 9.17) is 4.74 Å². The number of carbonyl (C=O) groups is 1. The van der Waals surface area contributed by atoms with Gasteiger partial charge in [-0.15, -0.1) is 0 Å². The fraction of sp³-hybridized carbons (Fsp3) is 0.167. The molecule has 5 heteroatoms. The lowest BCUT2D eigenvalue weighted by Gasteiger charge is -2.21. The van der Waals surface area contributed by atoms with Gasteiger partial charge in [-0.2, -0.15) is 0 Å². The lowest BCUT2D eigenvalue weighted by molar-refractivity contribution is 0.0526. The van der Waals surface area contributed by atoms with Crippen molar-refractivity contribution in [3.63, 3.8) is 0 Å². The fourth-order valence-corrected chi connectivity index (χ4v) is 3.62. The number of benzene rings is 2. The lowest BCUT2D eigenvalue weighted by atomic mass is 9.96. The van der Waals surface area contributed by atoms with Gasteiger partial charge in [0, 0.05) is 40.2 Å². The number of para-hydroxylation sites is 1. The number of pyridine rings is 1. The second-order valence-corrected chi connectivity index (χ2v) is 6.87. The smallest absolute Gasteiger partial charge is 0.338 e. The molecule has 0 fully saturated rings. The van der Waals surface area contributed by atoms with E-state index in [2.05, 4.69) is 40.4 Å². The quantitative estimate of drug-likeness (QED) is 0.445. The Bertz CT molecular complexity index is 1120. The first-order valence-electron chi connectivity index (χ1n) is 9.68. The van der Waals surface area contributed by atoms with Gasteiger partial charge in [0.25, 0.3) is 0 Å². The minimum Gasteiger partial charge on any atom is -0.462 e. The van der Waals surface area contributed by atoms with Crippen molar-refractivity contribution in [2.75, 3.05) is 11.9 Å². The molecule has 4 rings (SSSR count). The summed E-state index contributed by atoms with van der Waals surface area (Å²) in [6, 6.07) is 19.6. The van der Waals surface area contributed by atoms with Crippen LogP contribution in [-0.4, -0.2) is 22.5 Å². The molecule has 0 unspecified atom stereocenters. The Morgan fingerprint density at radius 3 is 2.62 bits per heavy atom. The standard InChI is InChI=1S/C24H23N3O2/c1-3-29-24(28)17-10-12-19(13-11-17)27-23(18-7-6-14-25-15-18)22-16(2)26-21-9-5-4-8-20(21)22/h4-15,23,26-27H,3H2,1-2H3/t23-/m1/s1. The maximum absolute atomic E-state index is 11.9. The molecule has 0 aliphatic carbocycles. The van der Waals surface area contributed by atoms with E-state index in [1.807, 2.05) is 36.5 Å². The van der Waals surface area contributed by atoms with Gasteiger partial charge in [-0.3, -0.25) is 4.98 Å². The summed E-state index contributed by atoms with van der Waals surface area (Å²) >= 11 is 0. The third-order valence-electron chi connectivity index (χ3n) is 4.96. The Kier molecular flexibility index (Phi) is 5.29. The van der Waals surface area contributed by atoms with E-state index in [1.54, 1.807) is 25.3 Å². The number of aromatic amines is 1. The van der Waals surface area contributed by atoms with Crippen molar-refractivity contribution in [1.29, 1.82) is 0 Å². The van der Waals surface area contributed by atoms with Gasteiger partial charge in [-0.1, -0.05) is 24.3 Å². The second kappa shape index (κ2) is 8.19. The molecule has 2 aromatic heterocycles. The highest BCUT2D eigenvalue weighted by Crippen LogP contribution is 2.34. The van der Waals surface area contributed by atoms with Crippen LogP contribution in [0.1, 0.15) is 40.1 Å². The highest BCUT2D eigenvalue weighted by atomic mass is 16.5. The Hall–Kier alpha value is -3.60. The summed E-state index contributed by atoms with van der Waals surface area (Å²) in [5, 5.41) is 4.79. The van der Waals surface area contributed by atoms with E-state index >= 15 is 0 Å². The fourth-order valence-electron chi connectivity index (χ4n) is 3.62. The van der Waals surface area contributed by atoms with Crippen LogP contribution in [0.2, 0.25) is 0 Å². The van der Waals surface area contributed by atoms with Crippen LogP contribution < -0.4 is 5.32 Å². The van der Waals surface area contributed by atoms with Gasteiger partial charge in [0.1, 0.15) is 0 Å². The molecule has 1 atom stereocenters. The van der Waals surface area contributed by atoms with Crippen molar-refractivity contribution in [2.24, 2.45) is 0 Å². The van der Waals surface area contributed by atoms with Crippen LogP contribution in [0.15, 0.2) is 73.1 Å². The molecule has 146 valence electrons. The maximum Gasteiger partial charge on any atom is 0.338 e. The third kappa shape index (κ3) is 3.85. The molecule has 2 N–H and O–H groups in total. The minimum absolute atomic E-state index is 0.0895. The van der Waals surface area contributed by atoms with Crippen LogP contribution in [0.5, 0.6) is 0 Å². The summed E-state index contributed by atoms with van der Waals surface area (Å²) in [6.07, 6.45) is 3.66. The number of nitrogens with zero attached hydrogens (tertiary/aromatic N) is 1. The zero-order valence-corrected chi connectivity index (χ0v) is 16.5. The van der Waals surface area contributed by atoms with Crippen LogP contribution in [0.4, 0.5) is 5.69 Å². The number of rotatable bonds is 6.